The molecule has 0 aromatic carbocycles. The van der Waals surface area contributed by atoms with Crippen LogP contribution in [0.5, 0.6) is 0 Å². The molecule has 0 amide bonds. The van der Waals surface area contributed by atoms with Crippen molar-refractivity contribution in [2.45, 2.75) is 13.3 Å². The van der Waals surface area contributed by atoms with Crippen molar-refractivity contribution in [3.8, 4) is 0 Å². The quantitative estimate of drug-likeness (QED) is 0.408. The fourth-order valence-corrected chi connectivity index (χ4v) is 0.312. The van der Waals surface area contributed by atoms with Gasteiger partial charge in [-0.3, -0.25) is 4.84 Å². The molecule has 3 heteroatoms. The highest BCUT2D eigenvalue weighted by Gasteiger charge is 1.87. The van der Waals surface area contributed by atoms with E-state index in [2.05, 4.69) is 4.84 Å². The first-order valence-corrected chi connectivity index (χ1v) is 2.37. The third-order valence-electron chi connectivity index (χ3n) is 0.679. The minimum absolute atomic E-state index is 0.788. The third kappa shape index (κ3) is 3.72. The molecule has 0 heterocycles. The van der Waals surface area contributed by atoms with E-state index in [4.69, 9.17) is 5.84 Å². The standard InChI is InChI=1S/C4H12N2O/c1-3-4-6(5)7-2/h3-5H2,1-2H3. The normalized spacial score (nSPS) is 10.3. The highest BCUT2D eigenvalue weighted by atomic mass is 16.7. The van der Waals surface area contributed by atoms with Crippen molar-refractivity contribution in [2.24, 2.45) is 5.84 Å². The van der Waals surface area contributed by atoms with Crippen LogP contribution in [0.15, 0.2) is 0 Å². The van der Waals surface area contributed by atoms with Crippen LogP contribution in [0.1, 0.15) is 13.3 Å². The molecule has 0 aliphatic carbocycles. The summed E-state index contributed by atoms with van der Waals surface area (Å²) in [6, 6.07) is 0. The Hall–Kier alpha value is -0.120. The Kier molecular flexibility index (Phi) is 3.98. The van der Waals surface area contributed by atoms with Gasteiger partial charge in [0, 0.05) is 6.54 Å². The van der Waals surface area contributed by atoms with Crippen LogP contribution in [-0.4, -0.2) is 18.8 Å². The zero-order valence-electron chi connectivity index (χ0n) is 4.85. The minimum atomic E-state index is 0.788. The summed E-state index contributed by atoms with van der Waals surface area (Å²) in [6.45, 7) is 2.83. The second kappa shape index (κ2) is 4.05. The van der Waals surface area contributed by atoms with Gasteiger partial charge in [0.05, 0.1) is 7.11 Å². The summed E-state index contributed by atoms with van der Waals surface area (Å²) in [4.78, 5) is 4.60. The zero-order valence-corrected chi connectivity index (χ0v) is 4.85. The number of rotatable bonds is 3. The van der Waals surface area contributed by atoms with E-state index in [0.717, 1.165) is 13.0 Å². The van der Waals surface area contributed by atoms with Gasteiger partial charge in [0.25, 0.3) is 0 Å². The molecule has 0 aromatic heterocycles. The van der Waals surface area contributed by atoms with Crippen molar-refractivity contribution in [2.75, 3.05) is 13.7 Å². The molecule has 0 aliphatic rings. The molecule has 0 unspecified atom stereocenters. The Morgan fingerprint density at radius 2 is 2.29 bits per heavy atom. The first-order valence-electron chi connectivity index (χ1n) is 2.37. The van der Waals surface area contributed by atoms with Gasteiger partial charge in [-0.15, -0.1) is 5.17 Å². The first-order chi connectivity index (χ1) is 3.31. The number of hydrogen-bond donors (Lipinski definition) is 1. The van der Waals surface area contributed by atoms with Crippen molar-refractivity contribution in [1.29, 1.82) is 0 Å². The Morgan fingerprint density at radius 3 is 2.43 bits per heavy atom. The van der Waals surface area contributed by atoms with Crippen LogP contribution in [-0.2, 0) is 4.84 Å². The first kappa shape index (κ1) is 6.88. The van der Waals surface area contributed by atoms with Gasteiger partial charge in [0.15, 0.2) is 0 Å². The lowest BCUT2D eigenvalue weighted by Gasteiger charge is -2.09. The SMILES string of the molecule is CCCN(N)OC. The molecule has 0 rings (SSSR count). The van der Waals surface area contributed by atoms with Crippen LogP contribution in [0.2, 0.25) is 0 Å². The zero-order chi connectivity index (χ0) is 5.70. The average Bonchev–Trinajstić information content (AvgIpc) is 1.68. The van der Waals surface area contributed by atoms with Gasteiger partial charge < -0.3 is 0 Å². The van der Waals surface area contributed by atoms with Crippen molar-refractivity contribution < 1.29 is 4.84 Å². The van der Waals surface area contributed by atoms with E-state index >= 15 is 0 Å². The molecule has 2 N–H and O–H groups in total. The molecule has 0 saturated carbocycles. The maximum absolute atomic E-state index is 5.19. The Bertz CT molecular complexity index is 40.7. The molecule has 7 heavy (non-hydrogen) atoms. The van der Waals surface area contributed by atoms with E-state index in [1.807, 2.05) is 6.92 Å². The van der Waals surface area contributed by atoms with E-state index in [1.54, 1.807) is 7.11 Å². The Morgan fingerprint density at radius 1 is 1.71 bits per heavy atom. The molecule has 0 bridgehead atoms. The number of nitrogens with two attached hydrogens (primary N) is 1. The van der Waals surface area contributed by atoms with Gasteiger partial charge in [0.1, 0.15) is 0 Å². The highest BCUT2D eigenvalue weighted by molar-refractivity contribution is 4.26. The summed E-state index contributed by atoms with van der Waals surface area (Å²) in [5, 5.41) is 1.31. The van der Waals surface area contributed by atoms with Gasteiger partial charge in [-0.25, -0.2) is 5.84 Å². The predicted octanol–water partition coefficient (Wildman–Crippen LogP) is 0.134. The molecule has 0 spiro atoms. The van der Waals surface area contributed by atoms with Crippen LogP contribution in [0.3, 0.4) is 0 Å². The molecular formula is C4H12N2O. The van der Waals surface area contributed by atoms with Crippen molar-refractivity contribution >= 4 is 0 Å². The molecular weight excluding hydrogens is 92.1 g/mol. The van der Waals surface area contributed by atoms with Crippen LogP contribution >= 0.6 is 0 Å². The van der Waals surface area contributed by atoms with Crippen LogP contribution in [0.4, 0.5) is 0 Å². The molecule has 0 atom stereocenters. The highest BCUT2D eigenvalue weighted by Crippen LogP contribution is 1.78. The van der Waals surface area contributed by atoms with Gasteiger partial charge in [0.2, 0.25) is 0 Å². The van der Waals surface area contributed by atoms with Crippen molar-refractivity contribution in [3.63, 3.8) is 0 Å². The van der Waals surface area contributed by atoms with Crippen LogP contribution < -0.4 is 5.84 Å². The monoisotopic (exact) mass is 104 g/mol. The summed E-state index contributed by atoms with van der Waals surface area (Å²) in [7, 11) is 1.55. The summed E-state index contributed by atoms with van der Waals surface area (Å²) in [5.41, 5.74) is 0. The number of nitrogens with zero attached hydrogens (tertiary/aromatic N) is 1. The van der Waals surface area contributed by atoms with E-state index in [9.17, 15) is 0 Å². The minimum Gasteiger partial charge on any atom is -0.288 e. The fourth-order valence-electron chi connectivity index (χ4n) is 0.312. The number of hydrazine groups is 1. The van der Waals surface area contributed by atoms with E-state index < -0.39 is 0 Å². The summed E-state index contributed by atoms with van der Waals surface area (Å²) in [5.74, 6) is 5.19. The summed E-state index contributed by atoms with van der Waals surface area (Å²) in [6.07, 6.45) is 1.02. The summed E-state index contributed by atoms with van der Waals surface area (Å²) >= 11 is 0. The second-order valence-corrected chi connectivity index (χ2v) is 1.32. The topological polar surface area (TPSA) is 38.5 Å². The number of hydrogen-bond acceptors (Lipinski definition) is 3. The van der Waals surface area contributed by atoms with E-state index in [1.165, 1.54) is 5.17 Å². The van der Waals surface area contributed by atoms with Crippen molar-refractivity contribution in [1.82, 2.24) is 5.17 Å². The smallest absolute Gasteiger partial charge is 0.0591 e. The van der Waals surface area contributed by atoms with Gasteiger partial charge in [-0.05, 0) is 6.42 Å². The predicted molar refractivity (Wildman–Crippen MR) is 28.2 cm³/mol. The van der Waals surface area contributed by atoms with Crippen LogP contribution in [0.25, 0.3) is 0 Å². The number of hydroxylamine groups is 1. The maximum atomic E-state index is 5.19. The Labute approximate surface area is 44.0 Å². The molecule has 3 nitrogen and oxygen atoms in total. The van der Waals surface area contributed by atoms with Gasteiger partial charge >= 0.3 is 0 Å². The van der Waals surface area contributed by atoms with Crippen molar-refractivity contribution in [3.05, 3.63) is 0 Å². The Balaban J connectivity index is 2.83. The fraction of sp³-hybridized carbons (Fsp3) is 1.00. The molecule has 44 valence electrons. The average molecular weight is 104 g/mol. The van der Waals surface area contributed by atoms with E-state index in [0.29, 0.717) is 0 Å². The van der Waals surface area contributed by atoms with Gasteiger partial charge in [-0.1, -0.05) is 6.92 Å². The molecule has 0 radical (unpaired) electrons. The van der Waals surface area contributed by atoms with Gasteiger partial charge in [-0.2, -0.15) is 0 Å². The molecule has 0 aliphatic heterocycles. The van der Waals surface area contributed by atoms with E-state index in [-0.39, 0.29) is 0 Å². The van der Waals surface area contributed by atoms with Crippen LogP contribution in [0, 0.1) is 0 Å². The summed E-state index contributed by atoms with van der Waals surface area (Å²) < 4.78 is 0. The molecule has 0 aromatic rings. The lowest BCUT2D eigenvalue weighted by atomic mass is 10.5. The lowest BCUT2D eigenvalue weighted by Crippen LogP contribution is -2.30. The lowest BCUT2D eigenvalue weighted by molar-refractivity contribution is -0.133. The molecule has 0 fully saturated rings. The second-order valence-electron chi connectivity index (χ2n) is 1.32. The third-order valence-corrected chi connectivity index (χ3v) is 0.679. The maximum Gasteiger partial charge on any atom is 0.0591 e. The largest absolute Gasteiger partial charge is 0.288 e. The molecule has 0 saturated heterocycles.